The molecule has 2 heterocycles. The Bertz CT molecular complexity index is 633. The van der Waals surface area contributed by atoms with E-state index in [1.807, 2.05) is 19.9 Å². The molecule has 1 N–H and O–H groups in total. The fraction of sp³-hybridized carbons (Fsp3) is 0.462. The number of hydrogen-bond acceptors (Lipinski definition) is 3. The lowest BCUT2D eigenvalue weighted by atomic mass is 9.98. The van der Waals surface area contributed by atoms with Gasteiger partial charge < -0.3 is 0 Å². The highest BCUT2D eigenvalue weighted by Gasteiger charge is 2.19. The largest absolute Gasteiger partial charge is 0.292 e. The quantitative estimate of drug-likeness (QED) is 0.825. The molecule has 5 heteroatoms. The van der Waals surface area contributed by atoms with Crippen LogP contribution in [0.1, 0.15) is 35.5 Å². The monoisotopic (exact) mass is 244 g/mol. The second kappa shape index (κ2) is 4.08. The fourth-order valence-corrected chi connectivity index (χ4v) is 2.53. The summed E-state index contributed by atoms with van der Waals surface area (Å²) in [5.41, 5.74) is 3.71. The molecule has 0 saturated heterocycles. The molecule has 0 atom stereocenters. The lowest BCUT2D eigenvalue weighted by molar-refractivity contribution is 0.668. The van der Waals surface area contributed by atoms with Crippen molar-refractivity contribution in [2.75, 3.05) is 0 Å². The number of aryl methyl sites for hydroxylation is 3. The Morgan fingerprint density at radius 3 is 2.50 bits per heavy atom. The highest BCUT2D eigenvalue weighted by Crippen LogP contribution is 2.16. The van der Waals surface area contributed by atoms with Gasteiger partial charge in [-0.15, -0.1) is 0 Å². The van der Waals surface area contributed by atoms with Crippen molar-refractivity contribution in [3.63, 3.8) is 0 Å². The molecule has 3 rings (SSSR count). The Morgan fingerprint density at radius 2 is 1.83 bits per heavy atom. The summed E-state index contributed by atoms with van der Waals surface area (Å²) in [6.07, 6.45) is 4.04. The summed E-state index contributed by atoms with van der Waals surface area (Å²) in [5.74, 6) is 0.451. The van der Waals surface area contributed by atoms with Crippen LogP contribution in [0.2, 0.25) is 0 Å². The summed E-state index contributed by atoms with van der Waals surface area (Å²) in [6, 6.07) is 1.90. The first-order chi connectivity index (χ1) is 8.65. The van der Waals surface area contributed by atoms with Gasteiger partial charge in [-0.3, -0.25) is 9.89 Å². The van der Waals surface area contributed by atoms with Crippen LogP contribution in [0.3, 0.4) is 0 Å². The molecule has 0 fully saturated rings. The summed E-state index contributed by atoms with van der Waals surface area (Å²) < 4.78 is 1.48. The van der Waals surface area contributed by atoms with E-state index in [0.29, 0.717) is 5.95 Å². The summed E-state index contributed by atoms with van der Waals surface area (Å²) in [6.45, 7) is 3.82. The van der Waals surface area contributed by atoms with Crippen molar-refractivity contribution in [3.05, 3.63) is 39.1 Å². The Morgan fingerprint density at radius 1 is 1.17 bits per heavy atom. The Hall–Kier alpha value is -1.91. The molecular formula is C13H16N4O. The van der Waals surface area contributed by atoms with Gasteiger partial charge in [0.25, 0.3) is 11.5 Å². The molecule has 5 nitrogen and oxygen atoms in total. The summed E-state index contributed by atoms with van der Waals surface area (Å²) in [5, 5.41) is 3.15. The van der Waals surface area contributed by atoms with Crippen molar-refractivity contribution in [2.24, 2.45) is 0 Å². The van der Waals surface area contributed by atoms with E-state index in [9.17, 15) is 4.79 Å². The van der Waals surface area contributed by atoms with Crippen LogP contribution in [0.5, 0.6) is 0 Å². The predicted octanol–water partition coefficient (Wildman–Crippen LogP) is 1.45. The first-order valence-corrected chi connectivity index (χ1v) is 6.30. The summed E-state index contributed by atoms with van der Waals surface area (Å²) in [7, 11) is 0. The fourth-order valence-electron chi connectivity index (χ4n) is 2.53. The number of aromatic nitrogens is 4. The molecule has 0 saturated carbocycles. The van der Waals surface area contributed by atoms with Crippen LogP contribution in [0.15, 0.2) is 10.9 Å². The number of nitrogens with zero attached hydrogens (tertiary/aromatic N) is 3. The minimum atomic E-state index is 0.00898. The van der Waals surface area contributed by atoms with Crippen LogP contribution in [0.25, 0.3) is 5.95 Å². The van der Waals surface area contributed by atoms with Gasteiger partial charge in [0.15, 0.2) is 0 Å². The zero-order valence-electron chi connectivity index (χ0n) is 10.7. The van der Waals surface area contributed by atoms with Crippen LogP contribution in [-0.4, -0.2) is 19.7 Å². The second-order valence-corrected chi connectivity index (χ2v) is 4.87. The molecule has 0 radical (unpaired) electrons. The zero-order chi connectivity index (χ0) is 12.7. The van der Waals surface area contributed by atoms with Gasteiger partial charge in [0.1, 0.15) is 0 Å². The van der Waals surface area contributed by atoms with E-state index in [1.165, 1.54) is 4.68 Å². The Kier molecular flexibility index (Phi) is 2.54. The van der Waals surface area contributed by atoms with Crippen LogP contribution in [0, 0.1) is 13.8 Å². The third-order valence-electron chi connectivity index (χ3n) is 3.35. The van der Waals surface area contributed by atoms with Gasteiger partial charge in [-0.25, -0.2) is 9.97 Å². The smallest absolute Gasteiger partial charge is 0.277 e. The van der Waals surface area contributed by atoms with E-state index >= 15 is 0 Å². The normalized spacial score (nSPS) is 14.6. The predicted molar refractivity (Wildman–Crippen MR) is 68.1 cm³/mol. The maximum atomic E-state index is 12.3. The molecule has 0 unspecified atom stereocenters. The van der Waals surface area contributed by atoms with Gasteiger partial charge in [-0.2, -0.15) is 4.68 Å². The summed E-state index contributed by atoms with van der Waals surface area (Å²) >= 11 is 0. The summed E-state index contributed by atoms with van der Waals surface area (Å²) in [4.78, 5) is 20.9. The van der Waals surface area contributed by atoms with E-state index in [2.05, 4.69) is 15.1 Å². The average molecular weight is 244 g/mol. The molecule has 0 bridgehead atoms. The molecule has 94 valence electrons. The average Bonchev–Trinajstić information content (AvgIpc) is 2.66. The molecule has 0 amide bonds. The molecule has 1 aliphatic rings. The minimum absolute atomic E-state index is 0.00898. The molecule has 1 aliphatic carbocycles. The van der Waals surface area contributed by atoms with Crippen molar-refractivity contribution in [1.29, 1.82) is 0 Å². The van der Waals surface area contributed by atoms with Crippen LogP contribution >= 0.6 is 0 Å². The van der Waals surface area contributed by atoms with Crippen molar-refractivity contribution in [3.8, 4) is 5.95 Å². The van der Waals surface area contributed by atoms with Gasteiger partial charge in [0.2, 0.25) is 0 Å². The zero-order valence-corrected chi connectivity index (χ0v) is 10.7. The number of aromatic amines is 1. The van der Waals surface area contributed by atoms with E-state index < -0.39 is 0 Å². The second-order valence-electron chi connectivity index (χ2n) is 4.87. The number of hydrogen-bond donors (Lipinski definition) is 1. The number of fused-ring (bicyclic) bond motifs is 1. The molecule has 2 aromatic rings. The van der Waals surface area contributed by atoms with Crippen molar-refractivity contribution < 1.29 is 0 Å². The third kappa shape index (κ3) is 1.75. The lowest BCUT2D eigenvalue weighted by Gasteiger charge is -2.07. The Labute approximate surface area is 105 Å². The van der Waals surface area contributed by atoms with E-state index in [4.69, 9.17) is 0 Å². The van der Waals surface area contributed by atoms with Gasteiger partial charge in [0, 0.05) is 22.6 Å². The SMILES string of the molecule is Cc1cc(C)nc(-n2[nH]c3c(c2=O)CCCC3)n1. The molecule has 2 aromatic heterocycles. The first-order valence-electron chi connectivity index (χ1n) is 6.30. The van der Waals surface area contributed by atoms with Crippen LogP contribution < -0.4 is 5.56 Å². The van der Waals surface area contributed by atoms with E-state index in [1.54, 1.807) is 0 Å². The maximum absolute atomic E-state index is 12.3. The number of nitrogens with one attached hydrogen (secondary N) is 1. The van der Waals surface area contributed by atoms with Gasteiger partial charge in [-0.05, 0) is 45.6 Å². The Balaban J connectivity index is 2.17. The van der Waals surface area contributed by atoms with Crippen molar-refractivity contribution >= 4 is 0 Å². The highest BCUT2D eigenvalue weighted by molar-refractivity contribution is 5.25. The van der Waals surface area contributed by atoms with Crippen LogP contribution in [-0.2, 0) is 12.8 Å². The highest BCUT2D eigenvalue weighted by atomic mass is 16.1. The lowest BCUT2D eigenvalue weighted by Crippen LogP contribution is -2.20. The minimum Gasteiger partial charge on any atom is -0.292 e. The van der Waals surface area contributed by atoms with Crippen molar-refractivity contribution in [1.82, 2.24) is 19.7 Å². The van der Waals surface area contributed by atoms with Crippen molar-refractivity contribution in [2.45, 2.75) is 39.5 Å². The third-order valence-corrected chi connectivity index (χ3v) is 3.35. The van der Waals surface area contributed by atoms with Gasteiger partial charge in [-0.1, -0.05) is 0 Å². The molecule has 18 heavy (non-hydrogen) atoms. The number of H-pyrrole nitrogens is 1. The van der Waals surface area contributed by atoms with Gasteiger partial charge >= 0.3 is 0 Å². The topological polar surface area (TPSA) is 63.6 Å². The first kappa shape index (κ1) is 11.2. The maximum Gasteiger partial charge on any atom is 0.277 e. The molecule has 0 spiro atoms. The van der Waals surface area contributed by atoms with E-state index in [0.717, 1.165) is 48.3 Å². The van der Waals surface area contributed by atoms with Crippen LogP contribution in [0.4, 0.5) is 0 Å². The van der Waals surface area contributed by atoms with Gasteiger partial charge in [0.05, 0.1) is 0 Å². The molecule has 0 aromatic carbocycles. The molecule has 0 aliphatic heterocycles. The number of rotatable bonds is 1. The van der Waals surface area contributed by atoms with E-state index in [-0.39, 0.29) is 5.56 Å². The molecular weight excluding hydrogens is 228 g/mol. The standard InChI is InChI=1S/C13H16N4O/c1-8-7-9(2)15-13(14-8)17-12(18)10-5-3-4-6-11(10)16-17/h7,16H,3-6H2,1-2H3.